The number of halogens is 1. The molecular formula is C28H28INO4. The number of ether oxygens (including phenoxy) is 2. The van der Waals surface area contributed by atoms with E-state index >= 15 is 0 Å². The molecule has 6 heteroatoms. The lowest BCUT2D eigenvalue weighted by molar-refractivity contribution is -0.117. The van der Waals surface area contributed by atoms with E-state index in [4.69, 9.17) is 9.47 Å². The van der Waals surface area contributed by atoms with E-state index in [0.29, 0.717) is 30.9 Å². The van der Waals surface area contributed by atoms with Crippen molar-refractivity contribution in [2.24, 2.45) is 0 Å². The van der Waals surface area contributed by atoms with Gasteiger partial charge < -0.3 is 14.4 Å². The maximum absolute atomic E-state index is 13.5. The van der Waals surface area contributed by atoms with Crippen LogP contribution >= 0.6 is 22.6 Å². The summed E-state index contributed by atoms with van der Waals surface area (Å²) in [5.41, 5.74) is 5.85. The number of nitrogens with zero attached hydrogens (tertiary/aromatic N) is 1. The molecule has 5 nitrogen and oxygen atoms in total. The molecule has 0 fully saturated rings. The third kappa shape index (κ3) is 3.96. The lowest BCUT2D eigenvalue weighted by atomic mass is 9.71. The Morgan fingerprint density at radius 3 is 2.06 bits per heavy atom. The number of hydrogen-bond donors (Lipinski definition) is 0. The van der Waals surface area contributed by atoms with Crippen LogP contribution in [-0.2, 0) is 16.1 Å². The fourth-order valence-corrected chi connectivity index (χ4v) is 6.46. The Morgan fingerprint density at radius 1 is 0.882 bits per heavy atom. The van der Waals surface area contributed by atoms with Crippen LogP contribution in [0.15, 0.2) is 65.0 Å². The Bertz CT molecular complexity index is 1170. The number of methoxy groups -OCH3 is 2. The fourth-order valence-electron chi connectivity index (χ4n) is 5.61. The number of carbonyl (C=O) groups excluding carboxylic acids is 2. The topological polar surface area (TPSA) is 55.8 Å². The first-order valence-corrected chi connectivity index (χ1v) is 12.9. The summed E-state index contributed by atoms with van der Waals surface area (Å²) in [5, 5.41) is 0. The summed E-state index contributed by atoms with van der Waals surface area (Å²) in [6.07, 6.45) is 4.43. The molecule has 0 amide bonds. The van der Waals surface area contributed by atoms with E-state index in [1.165, 1.54) is 5.56 Å². The molecule has 2 aromatic carbocycles. The Labute approximate surface area is 214 Å². The number of Topliss-reactive ketones (excluding diaryl/α,β-unsaturated/α-hetero) is 2. The summed E-state index contributed by atoms with van der Waals surface area (Å²) in [6.45, 7) is 0.676. The second-order valence-corrected chi connectivity index (χ2v) is 10.2. The Balaban J connectivity index is 1.73. The van der Waals surface area contributed by atoms with E-state index in [1.54, 1.807) is 14.2 Å². The molecular weight excluding hydrogens is 541 g/mol. The van der Waals surface area contributed by atoms with Crippen molar-refractivity contribution >= 4 is 34.2 Å². The maximum Gasteiger partial charge on any atom is 0.174 e. The number of ketones is 2. The van der Waals surface area contributed by atoms with E-state index in [-0.39, 0.29) is 17.5 Å². The van der Waals surface area contributed by atoms with Gasteiger partial charge in [-0.15, -0.1) is 0 Å². The van der Waals surface area contributed by atoms with Crippen molar-refractivity contribution in [3.8, 4) is 11.5 Å². The molecule has 0 spiro atoms. The number of rotatable bonds is 5. The predicted octanol–water partition coefficient (Wildman–Crippen LogP) is 5.92. The van der Waals surface area contributed by atoms with Crippen LogP contribution in [0.3, 0.4) is 0 Å². The number of benzene rings is 2. The first kappa shape index (κ1) is 23.1. The third-order valence-corrected chi connectivity index (χ3v) is 7.86. The van der Waals surface area contributed by atoms with Crippen molar-refractivity contribution in [3.05, 3.63) is 79.7 Å². The third-order valence-electron chi connectivity index (χ3n) is 7.06. The van der Waals surface area contributed by atoms with Gasteiger partial charge in [-0.2, -0.15) is 0 Å². The van der Waals surface area contributed by atoms with Crippen LogP contribution in [0, 0.1) is 3.57 Å². The summed E-state index contributed by atoms with van der Waals surface area (Å²) >= 11 is 2.24. The van der Waals surface area contributed by atoms with E-state index in [9.17, 15) is 9.59 Å². The lowest BCUT2D eigenvalue weighted by Crippen LogP contribution is -2.38. The molecule has 0 saturated carbocycles. The molecule has 1 heterocycles. The van der Waals surface area contributed by atoms with Crippen molar-refractivity contribution in [1.82, 2.24) is 4.90 Å². The van der Waals surface area contributed by atoms with Crippen LogP contribution in [0.4, 0.5) is 0 Å². The molecule has 0 atom stereocenters. The summed E-state index contributed by atoms with van der Waals surface area (Å²) in [6, 6.07) is 14.3. The lowest BCUT2D eigenvalue weighted by Gasteiger charge is -2.44. The highest BCUT2D eigenvalue weighted by Crippen LogP contribution is 2.51. The summed E-state index contributed by atoms with van der Waals surface area (Å²) < 4.78 is 12.1. The molecule has 2 aliphatic carbocycles. The molecule has 1 aliphatic heterocycles. The number of allylic oxidation sites excluding steroid dienone is 4. The molecule has 3 aliphatic rings. The Hall–Kier alpha value is -2.61. The van der Waals surface area contributed by atoms with Gasteiger partial charge in [-0.25, -0.2) is 0 Å². The van der Waals surface area contributed by atoms with Crippen molar-refractivity contribution < 1.29 is 19.1 Å². The highest BCUT2D eigenvalue weighted by Gasteiger charge is 2.43. The highest BCUT2D eigenvalue weighted by molar-refractivity contribution is 14.1. The van der Waals surface area contributed by atoms with E-state index in [0.717, 1.165) is 57.4 Å². The van der Waals surface area contributed by atoms with Gasteiger partial charge in [0.15, 0.2) is 23.1 Å². The van der Waals surface area contributed by atoms with Crippen LogP contribution in [0.5, 0.6) is 11.5 Å². The Kier molecular flexibility index (Phi) is 6.51. The summed E-state index contributed by atoms with van der Waals surface area (Å²) in [5.74, 6) is 1.23. The second-order valence-electron chi connectivity index (χ2n) is 9.02. The van der Waals surface area contributed by atoms with Crippen LogP contribution in [0.2, 0.25) is 0 Å². The average Bonchev–Trinajstić information content (AvgIpc) is 2.85. The SMILES string of the molecule is COc1cc(C2C3=C(CCCC3=O)N(Cc3ccccc3)C3=C2C(=O)CCC3)cc(I)c1OC. The minimum atomic E-state index is -0.356. The van der Waals surface area contributed by atoms with Gasteiger partial charge in [-0.05, 0) is 71.5 Å². The van der Waals surface area contributed by atoms with Gasteiger partial charge >= 0.3 is 0 Å². The Morgan fingerprint density at radius 2 is 1.50 bits per heavy atom. The minimum absolute atomic E-state index is 0.152. The molecule has 176 valence electrons. The molecule has 5 rings (SSSR count). The first-order chi connectivity index (χ1) is 16.5. The van der Waals surface area contributed by atoms with Gasteiger partial charge in [0, 0.05) is 47.8 Å². The van der Waals surface area contributed by atoms with Gasteiger partial charge in [0.1, 0.15) is 0 Å². The zero-order chi connectivity index (χ0) is 23.8. The molecule has 0 unspecified atom stereocenters. The predicted molar refractivity (Wildman–Crippen MR) is 139 cm³/mol. The summed E-state index contributed by atoms with van der Waals surface area (Å²) in [7, 11) is 3.24. The second kappa shape index (κ2) is 9.56. The molecule has 0 saturated heterocycles. The highest BCUT2D eigenvalue weighted by atomic mass is 127. The van der Waals surface area contributed by atoms with Crippen LogP contribution in [0.1, 0.15) is 55.6 Å². The summed E-state index contributed by atoms with van der Waals surface area (Å²) in [4.78, 5) is 29.2. The molecule has 0 bridgehead atoms. The quantitative estimate of drug-likeness (QED) is 0.419. The minimum Gasteiger partial charge on any atom is -0.493 e. The standard InChI is InChI=1S/C28H28INO4/c1-33-24-15-18(14-19(29)28(24)34-2)25-26-20(10-6-12-22(26)31)30(16-17-8-4-3-5-9-17)21-11-7-13-23(32)27(21)25/h3-5,8-9,14-15,25H,6-7,10-13,16H2,1-2H3. The molecule has 2 aromatic rings. The van der Waals surface area contributed by atoms with Crippen molar-refractivity contribution in [2.75, 3.05) is 14.2 Å². The zero-order valence-electron chi connectivity index (χ0n) is 19.5. The van der Waals surface area contributed by atoms with Crippen LogP contribution in [0.25, 0.3) is 0 Å². The van der Waals surface area contributed by atoms with Gasteiger partial charge in [-0.3, -0.25) is 9.59 Å². The van der Waals surface area contributed by atoms with Crippen molar-refractivity contribution in [1.29, 1.82) is 0 Å². The zero-order valence-corrected chi connectivity index (χ0v) is 21.7. The van der Waals surface area contributed by atoms with E-state index in [1.807, 2.05) is 30.3 Å². The van der Waals surface area contributed by atoms with E-state index < -0.39 is 0 Å². The van der Waals surface area contributed by atoms with Gasteiger partial charge in [0.05, 0.1) is 17.8 Å². The van der Waals surface area contributed by atoms with Crippen molar-refractivity contribution in [2.45, 2.75) is 51.0 Å². The molecule has 0 radical (unpaired) electrons. The molecule has 34 heavy (non-hydrogen) atoms. The average molecular weight is 569 g/mol. The monoisotopic (exact) mass is 569 g/mol. The molecule has 0 N–H and O–H groups in total. The molecule has 0 aromatic heterocycles. The largest absolute Gasteiger partial charge is 0.493 e. The van der Waals surface area contributed by atoms with Gasteiger partial charge in [0.2, 0.25) is 0 Å². The van der Waals surface area contributed by atoms with E-state index in [2.05, 4.69) is 39.6 Å². The normalized spacial score (nSPS) is 18.7. The smallest absolute Gasteiger partial charge is 0.174 e. The number of carbonyl (C=O) groups is 2. The number of hydrogen-bond acceptors (Lipinski definition) is 5. The van der Waals surface area contributed by atoms with Crippen LogP contribution < -0.4 is 9.47 Å². The van der Waals surface area contributed by atoms with Gasteiger partial charge in [0.25, 0.3) is 0 Å². The van der Waals surface area contributed by atoms with Gasteiger partial charge in [-0.1, -0.05) is 30.3 Å². The van der Waals surface area contributed by atoms with Crippen molar-refractivity contribution in [3.63, 3.8) is 0 Å². The van der Waals surface area contributed by atoms with Crippen LogP contribution in [-0.4, -0.2) is 30.7 Å². The fraction of sp³-hybridized carbons (Fsp3) is 0.357. The maximum atomic E-state index is 13.5. The first-order valence-electron chi connectivity index (χ1n) is 11.8.